The van der Waals surface area contributed by atoms with Crippen LogP contribution < -0.4 is 10.6 Å². The normalized spacial score (nSPS) is 12.2. The van der Waals surface area contributed by atoms with Crippen molar-refractivity contribution < 1.29 is 4.79 Å². The largest absolute Gasteiger partial charge is 0.358 e. The summed E-state index contributed by atoms with van der Waals surface area (Å²) >= 11 is 0. The lowest BCUT2D eigenvalue weighted by Gasteiger charge is -2.10. The van der Waals surface area contributed by atoms with E-state index in [0.717, 1.165) is 19.4 Å². The first-order valence-corrected chi connectivity index (χ1v) is 4.28. The van der Waals surface area contributed by atoms with E-state index in [1.807, 2.05) is 13.0 Å². The zero-order valence-corrected chi connectivity index (χ0v) is 7.89. The van der Waals surface area contributed by atoms with Gasteiger partial charge in [0, 0.05) is 7.05 Å². The molecule has 0 aliphatic heterocycles. The Morgan fingerprint density at radius 1 is 1.67 bits per heavy atom. The summed E-state index contributed by atoms with van der Waals surface area (Å²) < 4.78 is 0. The molecule has 0 aliphatic carbocycles. The van der Waals surface area contributed by atoms with Crippen LogP contribution in [0.25, 0.3) is 0 Å². The summed E-state index contributed by atoms with van der Waals surface area (Å²) in [4.78, 5) is 11.0. The molecule has 0 aromatic heterocycles. The standard InChI is InChI=1S/C9H18N2O/c1-4-5-6-7-11-8(2)9(12)10-3/h4,8,11H,1,5-7H2,2-3H3,(H,10,12). The minimum atomic E-state index is -0.0974. The van der Waals surface area contributed by atoms with E-state index in [2.05, 4.69) is 17.2 Å². The van der Waals surface area contributed by atoms with Crippen LogP contribution in [0.3, 0.4) is 0 Å². The molecule has 0 bridgehead atoms. The average molecular weight is 170 g/mol. The number of carbonyl (C=O) groups excluding carboxylic acids is 1. The molecule has 3 heteroatoms. The Morgan fingerprint density at radius 3 is 2.83 bits per heavy atom. The van der Waals surface area contributed by atoms with E-state index in [1.54, 1.807) is 7.05 Å². The van der Waals surface area contributed by atoms with Gasteiger partial charge in [-0.1, -0.05) is 6.08 Å². The zero-order valence-electron chi connectivity index (χ0n) is 7.89. The van der Waals surface area contributed by atoms with E-state index in [1.165, 1.54) is 0 Å². The monoisotopic (exact) mass is 170 g/mol. The summed E-state index contributed by atoms with van der Waals surface area (Å²) in [6.45, 7) is 6.34. The molecule has 1 unspecified atom stereocenters. The van der Waals surface area contributed by atoms with Crippen LogP contribution in [0.5, 0.6) is 0 Å². The first-order valence-electron chi connectivity index (χ1n) is 4.28. The molecule has 2 N–H and O–H groups in total. The lowest BCUT2D eigenvalue weighted by Crippen LogP contribution is -2.40. The molecule has 0 rings (SSSR count). The van der Waals surface area contributed by atoms with Gasteiger partial charge in [-0.05, 0) is 26.3 Å². The van der Waals surface area contributed by atoms with Crippen LogP contribution in [0, 0.1) is 0 Å². The molecule has 0 spiro atoms. The maximum Gasteiger partial charge on any atom is 0.236 e. The fourth-order valence-corrected chi connectivity index (χ4v) is 0.874. The van der Waals surface area contributed by atoms with Crippen molar-refractivity contribution in [3.05, 3.63) is 12.7 Å². The number of hydrogen-bond donors (Lipinski definition) is 2. The molecule has 0 aromatic carbocycles. The second-order valence-electron chi connectivity index (χ2n) is 2.72. The van der Waals surface area contributed by atoms with Crippen LogP contribution in [0.1, 0.15) is 19.8 Å². The fraction of sp³-hybridized carbons (Fsp3) is 0.667. The van der Waals surface area contributed by atoms with Crippen molar-refractivity contribution in [2.75, 3.05) is 13.6 Å². The Labute approximate surface area is 74.2 Å². The molecule has 12 heavy (non-hydrogen) atoms. The van der Waals surface area contributed by atoms with Crippen molar-refractivity contribution in [1.29, 1.82) is 0 Å². The van der Waals surface area contributed by atoms with Gasteiger partial charge in [0.25, 0.3) is 0 Å². The Morgan fingerprint density at radius 2 is 2.33 bits per heavy atom. The molecule has 0 aromatic rings. The van der Waals surface area contributed by atoms with Crippen molar-refractivity contribution in [3.8, 4) is 0 Å². The van der Waals surface area contributed by atoms with Crippen LogP contribution >= 0.6 is 0 Å². The number of unbranched alkanes of at least 4 members (excludes halogenated alkanes) is 1. The number of amides is 1. The van der Waals surface area contributed by atoms with Gasteiger partial charge in [0.2, 0.25) is 5.91 Å². The van der Waals surface area contributed by atoms with E-state index >= 15 is 0 Å². The lowest BCUT2D eigenvalue weighted by molar-refractivity contribution is -0.122. The number of nitrogens with one attached hydrogen (secondary N) is 2. The number of allylic oxidation sites excluding steroid dienone is 1. The van der Waals surface area contributed by atoms with E-state index in [9.17, 15) is 4.79 Å². The molecule has 0 radical (unpaired) electrons. The number of hydrogen-bond acceptors (Lipinski definition) is 2. The maximum absolute atomic E-state index is 11.0. The second kappa shape index (κ2) is 6.85. The van der Waals surface area contributed by atoms with Gasteiger partial charge in [-0.3, -0.25) is 4.79 Å². The van der Waals surface area contributed by atoms with Crippen molar-refractivity contribution >= 4 is 5.91 Å². The van der Waals surface area contributed by atoms with Crippen LogP contribution in [0.15, 0.2) is 12.7 Å². The van der Waals surface area contributed by atoms with Crippen LogP contribution in [0.4, 0.5) is 0 Å². The van der Waals surface area contributed by atoms with E-state index in [4.69, 9.17) is 0 Å². The summed E-state index contributed by atoms with van der Waals surface area (Å²) in [7, 11) is 1.64. The second-order valence-corrected chi connectivity index (χ2v) is 2.72. The fourth-order valence-electron chi connectivity index (χ4n) is 0.874. The van der Waals surface area contributed by atoms with Crippen LogP contribution in [0.2, 0.25) is 0 Å². The first kappa shape index (κ1) is 11.2. The van der Waals surface area contributed by atoms with Gasteiger partial charge in [0.1, 0.15) is 0 Å². The Balaban J connectivity index is 3.36. The summed E-state index contributed by atoms with van der Waals surface area (Å²) in [5.74, 6) is 0.0357. The molecule has 0 saturated heterocycles. The van der Waals surface area contributed by atoms with Crippen molar-refractivity contribution in [2.45, 2.75) is 25.8 Å². The number of carbonyl (C=O) groups is 1. The molecule has 1 amide bonds. The van der Waals surface area contributed by atoms with Crippen molar-refractivity contribution in [2.24, 2.45) is 0 Å². The maximum atomic E-state index is 11.0. The van der Waals surface area contributed by atoms with Gasteiger partial charge in [-0.15, -0.1) is 6.58 Å². The highest BCUT2D eigenvalue weighted by Crippen LogP contribution is 1.88. The summed E-state index contributed by atoms with van der Waals surface area (Å²) in [6, 6.07) is -0.0974. The predicted octanol–water partition coefficient (Wildman–Crippen LogP) is 0.677. The molecule has 1 atom stereocenters. The SMILES string of the molecule is C=CCCCNC(C)C(=O)NC. The highest BCUT2D eigenvalue weighted by atomic mass is 16.2. The Kier molecular flexibility index (Phi) is 6.38. The van der Waals surface area contributed by atoms with E-state index in [-0.39, 0.29) is 11.9 Å². The third-order valence-electron chi connectivity index (χ3n) is 1.68. The average Bonchev–Trinajstić information content (AvgIpc) is 2.10. The third-order valence-corrected chi connectivity index (χ3v) is 1.68. The number of likely N-dealkylation sites (N-methyl/N-ethyl adjacent to an activating group) is 1. The van der Waals surface area contributed by atoms with Gasteiger partial charge >= 0.3 is 0 Å². The van der Waals surface area contributed by atoms with Gasteiger partial charge in [-0.25, -0.2) is 0 Å². The molecule has 0 fully saturated rings. The Bertz CT molecular complexity index is 145. The van der Waals surface area contributed by atoms with Crippen molar-refractivity contribution in [3.63, 3.8) is 0 Å². The third kappa shape index (κ3) is 4.91. The molecular weight excluding hydrogens is 152 g/mol. The molecule has 70 valence electrons. The van der Waals surface area contributed by atoms with E-state index in [0.29, 0.717) is 0 Å². The van der Waals surface area contributed by atoms with E-state index < -0.39 is 0 Å². The smallest absolute Gasteiger partial charge is 0.236 e. The molecule has 3 nitrogen and oxygen atoms in total. The molecule has 0 saturated carbocycles. The highest BCUT2D eigenvalue weighted by Gasteiger charge is 2.07. The molecule has 0 aliphatic rings. The van der Waals surface area contributed by atoms with Crippen molar-refractivity contribution in [1.82, 2.24) is 10.6 Å². The summed E-state index contributed by atoms with van der Waals surface area (Å²) in [6.07, 6.45) is 3.91. The molecular formula is C9H18N2O. The topological polar surface area (TPSA) is 41.1 Å². The van der Waals surface area contributed by atoms with Gasteiger partial charge < -0.3 is 10.6 Å². The highest BCUT2D eigenvalue weighted by molar-refractivity contribution is 5.80. The summed E-state index contributed by atoms with van der Waals surface area (Å²) in [5.41, 5.74) is 0. The minimum Gasteiger partial charge on any atom is -0.358 e. The van der Waals surface area contributed by atoms with Gasteiger partial charge in [0.15, 0.2) is 0 Å². The molecule has 0 heterocycles. The van der Waals surface area contributed by atoms with Crippen LogP contribution in [-0.2, 0) is 4.79 Å². The zero-order chi connectivity index (χ0) is 9.40. The minimum absolute atomic E-state index is 0.0357. The summed E-state index contributed by atoms with van der Waals surface area (Å²) in [5, 5.41) is 5.69. The van der Waals surface area contributed by atoms with Gasteiger partial charge in [0.05, 0.1) is 6.04 Å². The number of rotatable bonds is 6. The predicted molar refractivity (Wildman–Crippen MR) is 51.0 cm³/mol. The van der Waals surface area contributed by atoms with Crippen LogP contribution in [-0.4, -0.2) is 25.5 Å². The lowest BCUT2D eigenvalue weighted by atomic mass is 10.2. The van der Waals surface area contributed by atoms with Gasteiger partial charge in [-0.2, -0.15) is 0 Å². The quantitative estimate of drug-likeness (QED) is 0.454. The Hall–Kier alpha value is -0.830. The first-order chi connectivity index (χ1) is 5.72.